The maximum Gasteiger partial charge on any atom is 0.164 e. The van der Waals surface area contributed by atoms with Gasteiger partial charge < -0.3 is 9.47 Å². The van der Waals surface area contributed by atoms with Crippen LogP contribution in [0.15, 0.2) is 0 Å². The number of epoxide rings is 1. The second-order valence-corrected chi connectivity index (χ2v) is 6.82. The minimum Gasteiger partial charge on any atom is -0.378 e. The summed E-state index contributed by atoms with van der Waals surface area (Å²) in [6.45, 7) is 3.29. The molecule has 3 nitrogen and oxygen atoms in total. The predicted molar refractivity (Wildman–Crippen MR) is 66.3 cm³/mol. The van der Waals surface area contributed by atoms with Crippen LogP contribution in [0.5, 0.6) is 0 Å². The zero-order valence-electron chi connectivity index (χ0n) is 11.1. The largest absolute Gasteiger partial charge is 0.378 e. The van der Waals surface area contributed by atoms with Gasteiger partial charge in [-0.05, 0) is 38.0 Å². The van der Waals surface area contributed by atoms with Crippen LogP contribution in [0, 0.1) is 11.3 Å². The molecule has 4 fully saturated rings. The summed E-state index contributed by atoms with van der Waals surface area (Å²) < 4.78 is 11.9. The maximum atomic E-state index is 11.9. The molecule has 2 heterocycles. The Morgan fingerprint density at radius 2 is 2.11 bits per heavy atom. The van der Waals surface area contributed by atoms with Gasteiger partial charge in [0.25, 0.3) is 0 Å². The molecule has 2 saturated heterocycles. The lowest BCUT2D eigenvalue weighted by Crippen LogP contribution is -2.54. The van der Waals surface area contributed by atoms with Gasteiger partial charge in [-0.25, -0.2) is 0 Å². The molecule has 2 saturated carbocycles. The molecule has 1 spiro atoms. The first-order valence-corrected chi connectivity index (χ1v) is 7.49. The van der Waals surface area contributed by atoms with Crippen LogP contribution in [-0.2, 0) is 14.3 Å². The number of hydrogen-bond acceptors (Lipinski definition) is 3. The van der Waals surface area contributed by atoms with E-state index in [2.05, 4.69) is 6.92 Å². The van der Waals surface area contributed by atoms with E-state index in [-0.39, 0.29) is 17.1 Å². The van der Waals surface area contributed by atoms with Crippen molar-refractivity contribution in [1.82, 2.24) is 0 Å². The second-order valence-electron chi connectivity index (χ2n) is 6.82. The standard InChI is InChI=1S/C15H22O3/c1-14-8-6-11(16)13-15(14,18-13)7-2-4-10(14)12-5-3-9-17-12/h10,12-13H,2-9H2,1H3/t10-,12?,13-,14+,15-/m0/s1. The average molecular weight is 250 g/mol. The normalized spacial score (nSPS) is 54.9. The third-order valence-corrected chi connectivity index (χ3v) is 6.14. The van der Waals surface area contributed by atoms with E-state index in [9.17, 15) is 4.79 Å². The van der Waals surface area contributed by atoms with Crippen molar-refractivity contribution in [3.05, 3.63) is 0 Å². The summed E-state index contributed by atoms with van der Waals surface area (Å²) in [7, 11) is 0. The van der Waals surface area contributed by atoms with E-state index in [1.54, 1.807) is 0 Å². The third-order valence-electron chi connectivity index (χ3n) is 6.14. The van der Waals surface area contributed by atoms with Crippen LogP contribution in [0.2, 0.25) is 0 Å². The van der Waals surface area contributed by atoms with Crippen LogP contribution in [0.1, 0.15) is 51.9 Å². The minimum atomic E-state index is -0.1000. The molecule has 0 aromatic heterocycles. The molecule has 0 radical (unpaired) electrons. The zero-order chi connectivity index (χ0) is 12.4. The molecule has 2 aliphatic heterocycles. The van der Waals surface area contributed by atoms with E-state index in [1.807, 2.05) is 0 Å². The summed E-state index contributed by atoms with van der Waals surface area (Å²) in [4.78, 5) is 11.9. The van der Waals surface area contributed by atoms with Crippen molar-refractivity contribution in [1.29, 1.82) is 0 Å². The third kappa shape index (κ3) is 1.25. The molecule has 0 aromatic rings. The van der Waals surface area contributed by atoms with Gasteiger partial charge in [-0.3, -0.25) is 4.79 Å². The molecule has 2 aliphatic carbocycles. The van der Waals surface area contributed by atoms with Crippen LogP contribution in [0.25, 0.3) is 0 Å². The number of carbonyl (C=O) groups is 1. The molecule has 4 aliphatic rings. The first-order valence-electron chi connectivity index (χ1n) is 7.49. The van der Waals surface area contributed by atoms with Crippen LogP contribution in [-0.4, -0.2) is 30.2 Å². The Hall–Kier alpha value is -0.410. The second kappa shape index (κ2) is 3.57. The minimum absolute atomic E-state index is 0.0690. The number of ether oxygens (including phenoxy) is 2. The molecule has 0 bridgehead atoms. The molecule has 0 aromatic carbocycles. The van der Waals surface area contributed by atoms with Crippen molar-refractivity contribution < 1.29 is 14.3 Å². The number of Topliss-reactive ketones (excluding diaryl/α,β-unsaturated/α-hetero) is 1. The highest BCUT2D eigenvalue weighted by molar-refractivity contribution is 5.88. The summed E-state index contributed by atoms with van der Waals surface area (Å²) in [5.41, 5.74) is 0.0794. The number of rotatable bonds is 1. The Morgan fingerprint density at radius 1 is 1.22 bits per heavy atom. The average Bonchev–Trinajstić information content (AvgIpc) is 2.87. The van der Waals surface area contributed by atoms with Crippen LogP contribution < -0.4 is 0 Å². The summed E-state index contributed by atoms with van der Waals surface area (Å²) in [5, 5.41) is 0. The monoisotopic (exact) mass is 250 g/mol. The first-order chi connectivity index (χ1) is 8.67. The number of ketones is 1. The van der Waals surface area contributed by atoms with Gasteiger partial charge in [-0.1, -0.05) is 13.3 Å². The van der Waals surface area contributed by atoms with Crippen LogP contribution in [0.4, 0.5) is 0 Å². The van der Waals surface area contributed by atoms with Gasteiger partial charge in [0.05, 0.1) is 6.10 Å². The molecule has 0 amide bonds. The molecule has 100 valence electrons. The van der Waals surface area contributed by atoms with Gasteiger partial charge >= 0.3 is 0 Å². The van der Waals surface area contributed by atoms with Gasteiger partial charge in [-0.15, -0.1) is 0 Å². The zero-order valence-corrected chi connectivity index (χ0v) is 11.1. The number of carbonyl (C=O) groups excluding carboxylic acids is 1. The molecule has 18 heavy (non-hydrogen) atoms. The van der Waals surface area contributed by atoms with Crippen molar-refractivity contribution >= 4 is 5.78 Å². The fourth-order valence-corrected chi connectivity index (χ4v) is 5.06. The highest BCUT2D eigenvalue weighted by Crippen LogP contribution is 2.66. The molecule has 4 rings (SSSR count). The first kappa shape index (κ1) is 11.4. The summed E-state index contributed by atoms with van der Waals surface area (Å²) >= 11 is 0. The summed E-state index contributed by atoms with van der Waals surface area (Å²) in [5.74, 6) is 0.951. The highest BCUT2D eigenvalue weighted by Gasteiger charge is 2.74. The van der Waals surface area contributed by atoms with Crippen molar-refractivity contribution in [2.45, 2.75) is 69.7 Å². The molecule has 1 unspecified atom stereocenters. The lowest BCUT2D eigenvalue weighted by Gasteiger charge is -2.50. The van der Waals surface area contributed by atoms with Crippen molar-refractivity contribution in [3.8, 4) is 0 Å². The Labute approximate surface area is 108 Å². The van der Waals surface area contributed by atoms with Crippen molar-refractivity contribution in [2.24, 2.45) is 11.3 Å². The topological polar surface area (TPSA) is 38.8 Å². The quantitative estimate of drug-likeness (QED) is 0.671. The van der Waals surface area contributed by atoms with E-state index in [4.69, 9.17) is 9.47 Å². The SMILES string of the molecule is C[C@]12CCC(=O)[C@@H]3O[C@@]31CCC[C@H]2C1CCCO1. The van der Waals surface area contributed by atoms with Crippen LogP contribution >= 0.6 is 0 Å². The van der Waals surface area contributed by atoms with Gasteiger partial charge in [0.15, 0.2) is 5.78 Å². The maximum absolute atomic E-state index is 11.9. The Balaban J connectivity index is 1.67. The molecule has 0 N–H and O–H groups in total. The molecular formula is C15H22O3. The fraction of sp³-hybridized carbons (Fsp3) is 0.933. The van der Waals surface area contributed by atoms with Crippen molar-refractivity contribution in [2.75, 3.05) is 6.61 Å². The highest BCUT2D eigenvalue weighted by atomic mass is 16.6. The lowest BCUT2D eigenvalue weighted by molar-refractivity contribution is -0.125. The molecule has 5 atom stereocenters. The van der Waals surface area contributed by atoms with E-state index in [0.717, 1.165) is 19.4 Å². The van der Waals surface area contributed by atoms with Crippen molar-refractivity contribution in [3.63, 3.8) is 0 Å². The smallest absolute Gasteiger partial charge is 0.164 e. The van der Waals surface area contributed by atoms with Gasteiger partial charge in [-0.2, -0.15) is 0 Å². The van der Waals surface area contributed by atoms with Gasteiger partial charge in [0, 0.05) is 18.4 Å². The fourth-order valence-electron chi connectivity index (χ4n) is 5.06. The van der Waals surface area contributed by atoms with Gasteiger partial charge in [0.1, 0.15) is 11.7 Å². The summed E-state index contributed by atoms with van der Waals surface area (Å²) in [6.07, 6.45) is 8.02. The predicted octanol–water partition coefficient (Wildman–Crippen LogP) is 2.47. The van der Waals surface area contributed by atoms with Gasteiger partial charge in [0.2, 0.25) is 0 Å². The Morgan fingerprint density at radius 3 is 2.89 bits per heavy atom. The summed E-state index contributed by atoms with van der Waals surface area (Å²) in [6, 6.07) is 0. The lowest BCUT2D eigenvalue weighted by atomic mass is 9.53. The molecular weight excluding hydrogens is 228 g/mol. The Bertz CT molecular complexity index is 387. The molecule has 3 heteroatoms. The number of hydrogen-bond donors (Lipinski definition) is 0. The van der Waals surface area contributed by atoms with E-state index in [1.165, 1.54) is 25.7 Å². The van der Waals surface area contributed by atoms with E-state index in [0.29, 0.717) is 24.2 Å². The van der Waals surface area contributed by atoms with E-state index < -0.39 is 0 Å². The van der Waals surface area contributed by atoms with Crippen LogP contribution in [0.3, 0.4) is 0 Å². The Kier molecular flexibility index (Phi) is 2.27. The van der Waals surface area contributed by atoms with E-state index >= 15 is 0 Å².